The molecule has 18 heteroatoms. The summed E-state index contributed by atoms with van der Waals surface area (Å²) < 4.78 is 24.3. The number of hydrogen-bond donors (Lipinski definition) is 5. The molecule has 8 aromatic heterocycles. The van der Waals surface area contributed by atoms with Gasteiger partial charge in [0.1, 0.15) is 30.4 Å². The van der Waals surface area contributed by atoms with E-state index in [0.29, 0.717) is 55.6 Å². The fourth-order valence-corrected chi connectivity index (χ4v) is 7.96. The van der Waals surface area contributed by atoms with E-state index in [0.717, 1.165) is 79.3 Å². The van der Waals surface area contributed by atoms with Crippen LogP contribution in [-0.4, -0.2) is 91.2 Å². The summed E-state index contributed by atoms with van der Waals surface area (Å²) in [6.07, 6.45) is 5.34. The lowest BCUT2D eigenvalue weighted by Gasteiger charge is -2.12. The Bertz CT molecular complexity index is 3370. The summed E-state index contributed by atoms with van der Waals surface area (Å²) in [5.41, 5.74) is 13.0. The normalized spacial score (nSPS) is 11.6. The molecule has 0 amide bonds. The van der Waals surface area contributed by atoms with Gasteiger partial charge in [0.2, 0.25) is 0 Å². The lowest BCUT2D eigenvalue weighted by molar-refractivity contribution is 0.290. The van der Waals surface area contributed by atoms with Crippen LogP contribution in [0.2, 0.25) is 0 Å². The van der Waals surface area contributed by atoms with E-state index in [1.807, 2.05) is 124 Å². The zero-order chi connectivity index (χ0) is 46.6. The number of imidazole rings is 2. The molecule has 2 aromatic carbocycles. The van der Waals surface area contributed by atoms with Crippen LogP contribution in [0.3, 0.4) is 0 Å². The minimum atomic E-state index is -0.327. The average Bonchev–Trinajstić information content (AvgIpc) is 4.16. The largest absolute Gasteiger partial charge is 0.461 e. The van der Waals surface area contributed by atoms with Gasteiger partial charge < -0.3 is 35.6 Å². The molecule has 0 aliphatic rings. The Morgan fingerprint density at radius 3 is 2.04 bits per heavy atom. The van der Waals surface area contributed by atoms with E-state index in [9.17, 15) is 4.39 Å². The number of hydrogen-bond acceptors (Lipinski definition) is 13. The third-order valence-corrected chi connectivity index (χ3v) is 11.1. The minimum absolute atomic E-state index is 0.266. The van der Waals surface area contributed by atoms with Crippen LogP contribution >= 0.6 is 0 Å². The summed E-state index contributed by atoms with van der Waals surface area (Å²) in [6.45, 7) is 6.94. The average molecular weight is 909 g/mol. The molecule has 0 saturated carbocycles. The molecule has 10 rings (SSSR count). The van der Waals surface area contributed by atoms with Gasteiger partial charge in [0, 0.05) is 60.2 Å². The summed E-state index contributed by atoms with van der Waals surface area (Å²) in [5.74, 6) is 1.07. The number of halogens is 1. The molecular weight excluding hydrogens is 860 g/mol. The molecule has 0 atom stereocenters. The molecule has 0 saturated heterocycles. The van der Waals surface area contributed by atoms with Crippen LogP contribution in [0.25, 0.3) is 56.6 Å². The van der Waals surface area contributed by atoms with Crippen molar-refractivity contribution >= 4 is 22.7 Å². The highest BCUT2D eigenvalue weighted by Gasteiger charge is 2.19. The first-order valence-electron chi connectivity index (χ1n) is 22.2. The van der Waals surface area contributed by atoms with E-state index in [1.165, 1.54) is 12.4 Å². The van der Waals surface area contributed by atoms with Crippen molar-refractivity contribution in [2.75, 3.05) is 37.9 Å². The first-order valence-corrected chi connectivity index (χ1v) is 22.2. The molecule has 5 N–H and O–H groups in total. The molecule has 0 spiro atoms. The number of H-pyrrole nitrogens is 2. The SMILES string of the molecule is Cc1cccc(-c2[nH]c(CNc3cccc(CNCCOc4nc5ccc(-c6nc(CNc7cc(CN(C)C)ccc7F)[nH]c6-c6cccc(C)n6)cn5n4)c3)nc2-c2ccc3ncnn3c2)n1. The van der Waals surface area contributed by atoms with Gasteiger partial charge in [-0.05, 0) is 112 Å². The fourth-order valence-electron chi connectivity index (χ4n) is 7.96. The van der Waals surface area contributed by atoms with Crippen molar-refractivity contribution in [3.63, 3.8) is 0 Å². The van der Waals surface area contributed by atoms with Crippen molar-refractivity contribution < 1.29 is 9.13 Å². The topological polar surface area (TPSA) is 192 Å². The van der Waals surface area contributed by atoms with Crippen molar-refractivity contribution in [1.29, 1.82) is 0 Å². The Balaban J connectivity index is 0.764. The molecule has 0 radical (unpaired) electrons. The number of ether oxygens (including phenoxy) is 1. The van der Waals surface area contributed by atoms with Crippen LogP contribution in [0.1, 0.15) is 34.2 Å². The maximum absolute atomic E-state index is 14.8. The Morgan fingerprint density at radius 1 is 0.662 bits per heavy atom. The number of nitrogens with one attached hydrogen (secondary N) is 5. The van der Waals surface area contributed by atoms with Gasteiger partial charge in [-0.3, -0.25) is 9.97 Å². The number of aromatic amines is 2. The molecule has 68 heavy (non-hydrogen) atoms. The molecule has 0 unspecified atom stereocenters. The van der Waals surface area contributed by atoms with E-state index in [-0.39, 0.29) is 18.4 Å². The Labute approximate surface area is 391 Å². The van der Waals surface area contributed by atoms with Crippen molar-refractivity contribution in [2.45, 2.75) is 40.0 Å². The predicted octanol–water partition coefficient (Wildman–Crippen LogP) is 7.89. The van der Waals surface area contributed by atoms with Crippen molar-refractivity contribution in [2.24, 2.45) is 0 Å². The predicted molar refractivity (Wildman–Crippen MR) is 259 cm³/mol. The standard InChI is InChI=1S/C50H49FN16O/c1-31-8-5-12-39(57-31)48-46(35-15-18-44-55-30-56-66(44)28-35)59-42(61-48)25-53-37-11-7-10-33(22-37)24-52-20-21-68-50-63-45-19-16-36(29-67(45)64-50)47-49(40-13-6-9-32(2)58-40)62-43(60-47)26-54-41-23-34(27-65(3)4)14-17-38(41)51/h5-19,22-23,28-30,52-54H,20-21,24-27H2,1-4H3,(H,59,61)(H,60,62). The van der Waals surface area contributed by atoms with E-state index < -0.39 is 0 Å². The van der Waals surface area contributed by atoms with E-state index in [4.69, 9.17) is 24.7 Å². The van der Waals surface area contributed by atoms with Gasteiger partial charge in [0.15, 0.2) is 11.3 Å². The van der Waals surface area contributed by atoms with Crippen LogP contribution in [0.15, 0.2) is 122 Å². The zero-order valence-electron chi connectivity index (χ0n) is 38.0. The molecule has 342 valence electrons. The Hall–Kier alpha value is -8.35. The van der Waals surface area contributed by atoms with Gasteiger partial charge in [-0.15, -0.1) is 5.10 Å². The maximum Gasteiger partial charge on any atom is 0.336 e. The van der Waals surface area contributed by atoms with E-state index >= 15 is 0 Å². The monoisotopic (exact) mass is 908 g/mol. The summed E-state index contributed by atoms with van der Waals surface area (Å²) in [7, 11) is 3.96. The summed E-state index contributed by atoms with van der Waals surface area (Å²) in [6, 6.07) is 33.2. The molecule has 8 heterocycles. The van der Waals surface area contributed by atoms with Crippen molar-refractivity contribution in [3.05, 3.63) is 162 Å². The molecular formula is C50H49FN16O. The fraction of sp³-hybridized carbons (Fsp3) is 0.200. The van der Waals surface area contributed by atoms with Crippen LogP contribution in [0.4, 0.5) is 15.8 Å². The minimum Gasteiger partial charge on any atom is -0.461 e. The number of anilines is 2. The summed E-state index contributed by atoms with van der Waals surface area (Å²) >= 11 is 0. The number of aryl methyl sites for hydroxylation is 2. The van der Waals surface area contributed by atoms with Gasteiger partial charge in [0.25, 0.3) is 0 Å². The van der Waals surface area contributed by atoms with E-state index in [2.05, 4.69) is 58.2 Å². The van der Waals surface area contributed by atoms with Crippen LogP contribution in [0, 0.1) is 19.7 Å². The lowest BCUT2D eigenvalue weighted by atomic mass is 10.1. The van der Waals surface area contributed by atoms with Gasteiger partial charge in [-0.2, -0.15) is 10.1 Å². The Kier molecular flexibility index (Phi) is 12.3. The summed E-state index contributed by atoms with van der Waals surface area (Å²) in [4.78, 5) is 37.4. The third-order valence-electron chi connectivity index (χ3n) is 11.1. The number of aromatic nitrogens is 12. The van der Waals surface area contributed by atoms with Gasteiger partial charge in [0.05, 0.1) is 52.9 Å². The second kappa shape index (κ2) is 19.2. The third kappa shape index (κ3) is 9.91. The van der Waals surface area contributed by atoms with Crippen molar-refractivity contribution in [1.82, 2.24) is 69.3 Å². The first kappa shape index (κ1) is 43.5. The van der Waals surface area contributed by atoms with Gasteiger partial charge in [-0.1, -0.05) is 30.3 Å². The highest BCUT2D eigenvalue weighted by molar-refractivity contribution is 5.78. The zero-order valence-corrected chi connectivity index (χ0v) is 38.0. The van der Waals surface area contributed by atoms with E-state index in [1.54, 1.807) is 15.1 Å². The number of benzene rings is 2. The number of fused-ring (bicyclic) bond motifs is 2. The van der Waals surface area contributed by atoms with Gasteiger partial charge >= 0.3 is 6.01 Å². The highest BCUT2D eigenvalue weighted by atomic mass is 19.1. The number of nitrogens with zero attached hydrogens (tertiary/aromatic N) is 11. The summed E-state index contributed by atoms with van der Waals surface area (Å²) in [5, 5.41) is 19.2. The smallest absolute Gasteiger partial charge is 0.336 e. The number of rotatable bonds is 18. The molecule has 10 aromatic rings. The quantitative estimate of drug-likeness (QED) is 0.0523. The van der Waals surface area contributed by atoms with Crippen LogP contribution in [0.5, 0.6) is 6.01 Å². The molecule has 17 nitrogen and oxygen atoms in total. The molecule has 0 aliphatic heterocycles. The Morgan fingerprint density at radius 2 is 1.34 bits per heavy atom. The second-order valence-electron chi connectivity index (χ2n) is 16.7. The van der Waals surface area contributed by atoms with Gasteiger partial charge in [-0.25, -0.2) is 28.4 Å². The lowest BCUT2D eigenvalue weighted by Crippen LogP contribution is -2.21. The van der Waals surface area contributed by atoms with Crippen molar-refractivity contribution in [3.8, 4) is 51.3 Å². The maximum atomic E-state index is 14.8. The molecule has 0 fully saturated rings. The first-order chi connectivity index (χ1) is 33.2. The van der Waals surface area contributed by atoms with Crippen LogP contribution in [-0.2, 0) is 26.2 Å². The molecule has 0 bridgehead atoms. The number of pyridine rings is 4. The van der Waals surface area contributed by atoms with Crippen LogP contribution < -0.4 is 20.7 Å². The molecule has 0 aliphatic carbocycles. The highest BCUT2D eigenvalue weighted by Crippen LogP contribution is 2.32. The second-order valence-corrected chi connectivity index (χ2v) is 16.7.